The average Bonchev–Trinajstić information content (AvgIpc) is 2.63. The molecule has 0 bridgehead atoms. The Morgan fingerprint density at radius 1 is 1.70 bits per heavy atom. The van der Waals surface area contributed by atoms with Gasteiger partial charge in [0.2, 0.25) is 0 Å². The van der Waals surface area contributed by atoms with E-state index >= 15 is 0 Å². The molecule has 3 heteroatoms. The van der Waals surface area contributed by atoms with Crippen molar-refractivity contribution in [1.82, 2.24) is 0 Å². The number of aliphatic hydroxyl groups is 1. The second-order valence-corrected chi connectivity index (χ2v) is 2.76. The van der Waals surface area contributed by atoms with Gasteiger partial charge in [-0.05, 0) is 13.8 Å². The highest BCUT2D eigenvalue weighted by molar-refractivity contribution is 4.76. The smallest absolute Gasteiger partial charge is 0.107 e. The first kappa shape index (κ1) is 7.98. The Bertz CT molecular complexity index is 99.0. The summed E-state index contributed by atoms with van der Waals surface area (Å²) in [6.07, 6.45) is 0.0366. The van der Waals surface area contributed by atoms with Crippen molar-refractivity contribution in [2.45, 2.75) is 32.2 Å². The van der Waals surface area contributed by atoms with Crippen molar-refractivity contribution in [3.05, 3.63) is 0 Å². The number of hydrogen-bond acceptors (Lipinski definition) is 3. The standard InChI is InChI=1S/C7H14O3/c1-5(8)3-9-6(2)7-4-10-7/h5-8H,3-4H2,1-2H3. The first-order valence-electron chi connectivity index (χ1n) is 3.61. The molecule has 1 rings (SSSR count). The quantitative estimate of drug-likeness (QED) is 0.575. The van der Waals surface area contributed by atoms with Gasteiger partial charge in [-0.3, -0.25) is 0 Å². The first-order chi connectivity index (χ1) is 4.70. The Kier molecular flexibility index (Phi) is 2.65. The van der Waals surface area contributed by atoms with Crippen LogP contribution in [0.3, 0.4) is 0 Å². The van der Waals surface area contributed by atoms with Crippen LogP contribution in [0.15, 0.2) is 0 Å². The van der Waals surface area contributed by atoms with Gasteiger partial charge >= 0.3 is 0 Å². The summed E-state index contributed by atoms with van der Waals surface area (Å²) in [5.74, 6) is 0. The summed E-state index contributed by atoms with van der Waals surface area (Å²) >= 11 is 0. The lowest BCUT2D eigenvalue weighted by Gasteiger charge is -2.10. The molecule has 1 aliphatic rings. The summed E-state index contributed by atoms with van der Waals surface area (Å²) in [7, 11) is 0. The third kappa shape index (κ3) is 2.64. The largest absolute Gasteiger partial charge is 0.391 e. The number of epoxide rings is 1. The number of hydrogen-bond donors (Lipinski definition) is 1. The lowest BCUT2D eigenvalue weighted by atomic mass is 10.3. The molecule has 3 unspecified atom stereocenters. The molecular formula is C7H14O3. The molecule has 1 N–H and O–H groups in total. The molecule has 10 heavy (non-hydrogen) atoms. The predicted octanol–water partition coefficient (Wildman–Crippen LogP) is 0.171. The van der Waals surface area contributed by atoms with Gasteiger partial charge in [-0.15, -0.1) is 0 Å². The molecule has 0 amide bonds. The normalized spacial score (nSPS) is 29.7. The van der Waals surface area contributed by atoms with E-state index in [4.69, 9.17) is 14.6 Å². The molecule has 1 fully saturated rings. The van der Waals surface area contributed by atoms with Crippen LogP contribution in [0.1, 0.15) is 13.8 Å². The van der Waals surface area contributed by atoms with Crippen LogP contribution < -0.4 is 0 Å². The van der Waals surface area contributed by atoms with Gasteiger partial charge < -0.3 is 14.6 Å². The van der Waals surface area contributed by atoms with Crippen molar-refractivity contribution >= 4 is 0 Å². The van der Waals surface area contributed by atoms with E-state index in [2.05, 4.69) is 0 Å². The summed E-state index contributed by atoms with van der Waals surface area (Å²) in [5.41, 5.74) is 0. The Morgan fingerprint density at radius 3 is 2.70 bits per heavy atom. The van der Waals surface area contributed by atoms with Gasteiger partial charge in [-0.1, -0.05) is 0 Å². The van der Waals surface area contributed by atoms with Crippen LogP contribution in [0.25, 0.3) is 0 Å². The molecule has 0 radical (unpaired) electrons. The maximum absolute atomic E-state index is 8.84. The zero-order valence-corrected chi connectivity index (χ0v) is 6.41. The zero-order chi connectivity index (χ0) is 7.56. The van der Waals surface area contributed by atoms with Crippen molar-refractivity contribution in [3.8, 4) is 0 Å². The van der Waals surface area contributed by atoms with Crippen LogP contribution in [0.4, 0.5) is 0 Å². The van der Waals surface area contributed by atoms with E-state index in [9.17, 15) is 0 Å². The molecule has 60 valence electrons. The van der Waals surface area contributed by atoms with Gasteiger partial charge in [-0.25, -0.2) is 0 Å². The second-order valence-electron chi connectivity index (χ2n) is 2.76. The first-order valence-corrected chi connectivity index (χ1v) is 3.61. The van der Waals surface area contributed by atoms with Gasteiger partial charge in [0, 0.05) is 0 Å². The summed E-state index contributed by atoms with van der Waals surface area (Å²) in [6.45, 7) is 4.88. The van der Waals surface area contributed by atoms with Crippen molar-refractivity contribution < 1.29 is 14.6 Å². The summed E-state index contributed by atoms with van der Waals surface area (Å²) < 4.78 is 10.2. The molecule has 1 aliphatic heterocycles. The fourth-order valence-electron chi connectivity index (χ4n) is 0.725. The van der Waals surface area contributed by atoms with Crippen LogP contribution in [0, 0.1) is 0 Å². The molecule has 0 aromatic rings. The van der Waals surface area contributed by atoms with Crippen molar-refractivity contribution in [2.75, 3.05) is 13.2 Å². The minimum absolute atomic E-state index is 0.134. The van der Waals surface area contributed by atoms with Crippen molar-refractivity contribution in [2.24, 2.45) is 0 Å². The van der Waals surface area contributed by atoms with E-state index in [1.807, 2.05) is 6.92 Å². The summed E-state index contributed by atoms with van der Waals surface area (Å²) in [6, 6.07) is 0. The van der Waals surface area contributed by atoms with E-state index in [-0.39, 0.29) is 18.3 Å². The summed E-state index contributed by atoms with van der Waals surface area (Å²) in [4.78, 5) is 0. The highest BCUT2D eigenvalue weighted by atomic mass is 16.6. The van der Waals surface area contributed by atoms with Crippen LogP contribution in [0.2, 0.25) is 0 Å². The Labute approximate surface area is 60.9 Å². The molecule has 1 saturated heterocycles. The molecule has 3 atom stereocenters. The number of rotatable bonds is 4. The third-order valence-corrected chi connectivity index (χ3v) is 1.48. The van der Waals surface area contributed by atoms with E-state index in [1.54, 1.807) is 6.92 Å². The molecule has 0 spiro atoms. The Hall–Kier alpha value is -0.120. The van der Waals surface area contributed by atoms with Crippen molar-refractivity contribution in [1.29, 1.82) is 0 Å². The molecule has 3 nitrogen and oxygen atoms in total. The zero-order valence-electron chi connectivity index (χ0n) is 6.41. The molecule has 0 aromatic carbocycles. The lowest BCUT2D eigenvalue weighted by molar-refractivity contribution is -0.00574. The molecule has 0 saturated carbocycles. The highest BCUT2D eigenvalue weighted by Crippen LogP contribution is 2.16. The monoisotopic (exact) mass is 146 g/mol. The highest BCUT2D eigenvalue weighted by Gasteiger charge is 2.30. The van der Waals surface area contributed by atoms with Crippen LogP contribution in [-0.2, 0) is 9.47 Å². The summed E-state index contributed by atoms with van der Waals surface area (Å²) in [5, 5.41) is 8.84. The van der Waals surface area contributed by atoms with Crippen molar-refractivity contribution in [3.63, 3.8) is 0 Å². The maximum atomic E-state index is 8.84. The number of ether oxygens (including phenoxy) is 2. The lowest BCUT2D eigenvalue weighted by Crippen LogP contribution is -2.21. The average molecular weight is 146 g/mol. The minimum Gasteiger partial charge on any atom is -0.391 e. The van der Waals surface area contributed by atoms with Gasteiger partial charge in [0.25, 0.3) is 0 Å². The van der Waals surface area contributed by atoms with Crippen LogP contribution >= 0.6 is 0 Å². The van der Waals surface area contributed by atoms with Crippen LogP contribution in [-0.4, -0.2) is 36.6 Å². The van der Waals surface area contributed by atoms with Gasteiger partial charge in [0.15, 0.2) is 0 Å². The fourth-order valence-corrected chi connectivity index (χ4v) is 0.725. The van der Waals surface area contributed by atoms with E-state index in [1.165, 1.54) is 0 Å². The topological polar surface area (TPSA) is 42.0 Å². The molecule has 0 aromatic heterocycles. The van der Waals surface area contributed by atoms with E-state index in [0.29, 0.717) is 6.61 Å². The SMILES string of the molecule is CC(O)COC(C)C1CO1. The molecule has 0 aliphatic carbocycles. The van der Waals surface area contributed by atoms with Gasteiger partial charge in [0.05, 0.1) is 25.4 Å². The minimum atomic E-state index is -0.374. The number of aliphatic hydroxyl groups excluding tert-OH is 1. The third-order valence-electron chi connectivity index (χ3n) is 1.48. The second kappa shape index (κ2) is 3.32. The van der Waals surface area contributed by atoms with Gasteiger partial charge in [0.1, 0.15) is 6.10 Å². The Morgan fingerprint density at radius 2 is 2.30 bits per heavy atom. The van der Waals surface area contributed by atoms with Crippen LogP contribution in [0.5, 0.6) is 0 Å². The van der Waals surface area contributed by atoms with Gasteiger partial charge in [-0.2, -0.15) is 0 Å². The molecular weight excluding hydrogens is 132 g/mol. The Balaban J connectivity index is 2.00. The molecule has 1 heterocycles. The fraction of sp³-hybridized carbons (Fsp3) is 1.00. The maximum Gasteiger partial charge on any atom is 0.107 e. The van der Waals surface area contributed by atoms with E-state index in [0.717, 1.165) is 6.61 Å². The van der Waals surface area contributed by atoms with E-state index < -0.39 is 0 Å². The predicted molar refractivity (Wildman–Crippen MR) is 36.8 cm³/mol.